The third-order valence-electron chi connectivity index (χ3n) is 6.22. The highest BCUT2D eigenvalue weighted by atomic mass is 19.4. The number of guanidine groups is 1. The van der Waals surface area contributed by atoms with E-state index >= 15 is 0 Å². The van der Waals surface area contributed by atoms with Gasteiger partial charge in [0, 0.05) is 51.4 Å². The predicted octanol–water partition coefficient (Wildman–Crippen LogP) is 3.46. The van der Waals surface area contributed by atoms with E-state index in [0.717, 1.165) is 36.9 Å². The molecule has 1 aromatic rings. The summed E-state index contributed by atoms with van der Waals surface area (Å²) in [5, 5.41) is 6.30. The first-order valence-corrected chi connectivity index (χ1v) is 10.9. The number of rotatable bonds is 5. The number of hydrogen-bond donors (Lipinski definition) is 2. The molecule has 2 fully saturated rings. The molecule has 2 N–H and O–H groups in total. The Morgan fingerprint density at radius 1 is 1.19 bits per heavy atom. The van der Waals surface area contributed by atoms with Crippen LogP contribution in [0.4, 0.5) is 18.9 Å². The number of hydrogen-bond acceptors (Lipinski definition) is 3. The van der Waals surface area contributed by atoms with Gasteiger partial charge in [0.1, 0.15) is 6.04 Å². The highest BCUT2D eigenvalue weighted by Crippen LogP contribution is 2.26. The molecule has 9 heteroatoms. The SMILES string of the molecule is CN=C(NCc1cccc(NC(=O)C2CCCC2)c1)N1CCN(C(C)C(F)(F)F)CC1. The average Bonchev–Trinajstić information content (AvgIpc) is 3.29. The van der Waals surface area contributed by atoms with Crippen molar-refractivity contribution in [3.8, 4) is 0 Å². The van der Waals surface area contributed by atoms with Crippen molar-refractivity contribution in [1.82, 2.24) is 15.1 Å². The van der Waals surface area contributed by atoms with Gasteiger partial charge in [-0.25, -0.2) is 0 Å². The van der Waals surface area contributed by atoms with Crippen molar-refractivity contribution in [2.75, 3.05) is 38.5 Å². The highest BCUT2D eigenvalue weighted by Gasteiger charge is 2.41. The molecule has 1 saturated carbocycles. The maximum atomic E-state index is 12.9. The highest BCUT2D eigenvalue weighted by molar-refractivity contribution is 5.92. The number of carbonyl (C=O) groups is 1. The van der Waals surface area contributed by atoms with E-state index in [-0.39, 0.29) is 11.8 Å². The van der Waals surface area contributed by atoms with E-state index in [1.54, 1.807) is 7.05 Å². The van der Waals surface area contributed by atoms with E-state index in [4.69, 9.17) is 0 Å². The Hall–Kier alpha value is -2.29. The molecule has 0 aromatic heterocycles. The molecule has 1 unspecified atom stereocenters. The number of aliphatic imine (C=N–C) groups is 1. The molecule has 0 spiro atoms. The fourth-order valence-electron chi connectivity index (χ4n) is 4.23. The average molecular weight is 440 g/mol. The summed E-state index contributed by atoms with van der Waals surface area (Å²) in [7, 11) is 1.67. The summed E-state index contributed by atoms with van der Waals surface area (Å²) < 4.78 is 38.8. The Morgan fingerprint density at radius 3 is 2.48 bits per heavy atom. The first-order chi connectivity index (χ1) is 14.8. The molecule has 172 valence electrons. The Kier molecular flexibility index (Phi) is 7.80. The molecule has 1 aromatic carbocycles. The zero-order valence-corrected chi connectivity index (χ0v) is 18.2. The lowest BCUT2D eigenvalue weighted by Crippen LogP contribution is -2.56. The molecule has 2 aliphatic rings. The first-order valence-electron chi connectivity index (χ1n) is 10.9. The van der Waals surface area contributed by atoms with Gasteiger partial charge in [0.15, 0.2) is 5.96 Å². The topological polar surface area (TPSA) is 60.0 Å². The van der Waals surface area contributed by atoms with E-state index < -0.39 is 12.2 Å². The van der Waals surface area contributed by atoms with Crippen molar-refractivity contribution >= 4 is 17.6 Å². The maximum absolute atomic E-state index is 12.9. The van der Waals surface area contributed by atoms with Crippen LogP contribution in [-0.4, -0.2) is 67.1 Å². The summed E-state index contributed by atoms with van der Waals surface area (Å²) in [6.45, 7) is 3.36. The molecule has 1 heterocycles. The molecule has 0 radical (unpaired) electrons. The number of halogens is 3. The second kappa shape index (κ2) is 10.3. The molecule has 1 amide bonds. The molecule has 1 atom stereocenters. The number of amides is 1. The lowest BCUT2D eigenvalue weighted by atomic mass is 10.1. The van der Waals surface area contributed by atoms with Gasteiger partial charge in [-0.15, -0.1) is 0 Å². The number of piperazine rings is 1. The van der Waals surface area contributed by atoms with Crippen LogP contribution in [0.2, 0.25) is 0 Å². The Morgan fingerprint density at radius 2 is 1.87 bits per heavy atom. The molecule has 1 aliphatic heterocycles. The van der Waals surface area contributed by atoms with Crippen molar-refractivity contribution in [3.63, 3.8) is 0 Å². The third kappa shape index (κ3) is 6.35. The van der Waals surface area contributed by atoms with E-state index in [1.807, 2.05) is 29.2 Å². The second-order valence-electron chi connectivity index (χ2n) is 8.31. The predicted molar refractivity (Wildman–Crippen MR) is 116 cm³/mol. The zero-order valence-electron chi connectivity index (χ0n) is 18.2. The summed E-state index contributed by atoms with van der Waals surface area (Å²) in [4.78, 5) is 20.1. The quantitative estimate of drug-likeness (QED) is 0.545. The minimum Gasteiger partial charge on any atom is -0.352 e. The number of benzene rings is 1. The minimum atomic E-state index is -4.21. The summed E-state index contributed by atoms with van der Waals surface area (Å²) in [5.74, 6) is 0.864. The maximum Gasteiger partial charge on any atom is 0.403 e. The van der Waals surface area contributed by atoms with Crippen molar-refractivity contribution in [3.05, 3.63) is 29.8 Å². The zero-order chi connectivity index (χ0) is 22.4. The van der Waals surface area contributed by atoms with Gasteiger partial charge in [-0.1, -0.05) is 25.0 Å². The largest absolute Gasteiger partial charge is 0.403 e. The van der Waals surface area contributed by atoms with Crippen LogP contribution in [0, 0.1) is 5.92 Å². The molecule has 0 bridgehead atoms. The van der Waals surface area contributed by atoms with Crippen LogP contribution in [-0.2, 0) is 11.3 Å². The van der Waals surface area contributed by atoms with Crippen LogP contribution in [0.3, 0.4) is 0 Å². The van der Waals surface area contributed by atoms with Gasteiger partial charge in [-0.05, 0) is 37.5 Å². The van der Waals surface area contributed by atoms with Gasteiger partial charge in [-0.3, -0.25) is 14.7 Å². The number of carbonyl (C=O) groups excluding carboxylic acids is 1. The van der Waals surface area contributed by atoms with Crippen molar-refractivity contribution in [1.29, 1.82) is 0 Å². The molecule has 31 heavy (non-hydrogen) atoms. The molecule has 6 nitrogen and oxygen atoms in total. The van der Waals surface area contributed by atoms with Gasteiger partial charge in [0.25, 0.3) is 0 Å². The molecular weight excluding hydrogens is 407 g/mol. The second-order valence-corrected chi connectivity index (χ2v) is 8.31. The monoisotopic (exact) mass is 439 g/mol. The smallest absolute Gasteiger partial charge is 0.352 e. The van der Waals surface area contributed by atoms with Gasteiger partial charge in [0.2, 0.25) is 5.91 Å². The Balaban J connectivity index is 1.50. The standard InChI is InChI=1S/C22H32F3N5O/c1-16(22(23,24)25)29-10-12-30(13-11-29)21(26-2)27-15-17-6-5-9-19(14-17)28-20(31)18-7-3-4-8-18/h5-6,9,14,16,18H,3-4,7-8,10-13,15H2,1-2H3,(H,26,27)(H,28,31). The van der Waals surface area contributed by atoms with E-state index in [1.165, 1.54) is 11.8 Å². The number of alkyl halides is 3. The summed E-state index contributed by atoms with van der Waals surface area (Å²) in [6.07, 6.45) is -0.0633. The van der Waals surface area contributed by atoms with Gasteiger partial charge in [0.05, 0.1) is 0 Å². The van der Waals surface area contributed by atoms with Crippen LogP contribution in [0.5, 0.6) is 0 Å². The summed E-state index contributed by atoms with van der Waals surface area (Å²) >= 11 is 0. The van der Waals surface area contributed by atoms with Crippen LogP contribution >= 0.6 is 0 Å². The number of nitrogens with one attached hydrogen (secondary N) is 2. The van der Waals surface area contributed by atoms with E-state index in [2.05, 4.69) is 15.6 Å². The van der Waals surface area contributed by atoms with Crippen LogP contribution in [0.15, 0.2) is 29.3 Å². The van der Waals surface area contributed by atoms with Crippen LogP contribution in [0.1, 0.15) is 38.2 Å². The fourth-order valence-corrected chi connectivity index (χ4v) is 4.23. The molecule has 1 aliphatic carbocycles. The minimum absolute atomic E-state index is 0.0874. The molecular formula is C22H32F3N5O. The third-order valence-corrected chi connectivity index (χ3v) is 6.22. The van der Waals surface area contributed by atoms with E-state index in [0.29, 0.717) is 38.7 Å². The summed E-state index contributed by atoms with van der Waals surface area (Å²) in [5.41, 5.74) is 1.77. The first kappa shape index (κ1) is 23.4. The van der Waals surface area contributed by atoms with Crippen molar-refractivity contribution in [2.45, 2.75) is 51.4 Å². The van der Waals surface area contributed by atoms with Crippen molar-refractivity contribution in [2.24, 2.45) is 10.9 Å². The van der Waals surface area contributed by atoms with Gasteiger partial charge < -0.3 is 15.5 Å². The number of anilines is 1. The number of nitrogens with zero attached hydrogens (tertiary/aromatic N) is 3. The Labute approximate surface area is 181 Å². The normalized spacial score (nSPS) is 20.0. The van der Waals surface area contributed by atoms with Gasteiger partial charge >= 0.3 is 6.18 Å². The van der Waals surface area contributed by atoms with Gasteiger partial charge in [-0.2, -0.15) is 13.2 Å². The lowest BCUT2D eigenvalue weighted by molar-refractivity contribution is -0.181. The van der Waals surface area contributed by atoms with Crippen LogP contribution in [0.25, 0.3) is 0 Å². The van der Waals surface area contributed by atoms with E-state index in [9.17, 15) is 18.0 Å². The molecule has 3 rings (SSSR count). The lowest BCUT2D eigenvalue weighted by Gasteiger charge is -2.39. The molecule has 1 saturated heterocycles. The summed E-state index contributed by atoms with van der Waals surface area (Å²) in [6, 6.07) is 6.25. The Bertz CT molecular complexity index is 769. The van der Waals surface area contributed by atoms with Crippen LogP contribution < -0.4 is 10.6 Å². The van der Waals surface area contributed by atoms with Crippen molar-refractivity contribution < 1.29 is 18.0 Å². The fraction of sp³-hybridized carbons (Fsp3) is 0.636.